The fraction of sp³-hybridized carbons (Fsp3) is 0.467. The van der Waals surface area contributed by atoms with Crippen molar-refractivity contribution in [3.8, 4) is 11.1 Å². The summed E-state index contributed by atoms with van der Waals surface area (Å²) in [6.07, 6.45) is 7.47. The fourth-order valence-electron chi connectivity index (χ4n) is 2.46. The first kappa shape index (κ1) is 13.4. The summed E-state index contributed by atoms with van der Waals surface area (Å²) < 4.78 is 4.38. The summed E-state index contributed by atoms with van der Waals surface area (Å²) >= 11 is 1.52. The van der Waals surface area contributed by atoms with Gasteiger partial charge in [0.2, 0.25) is 0 Å². The molecule has 0 aliphatic heterocycles. The van der Waals surface area contributed by atoms with E-state index in [0.29, 0.717) is 5.82 Å². The van der Waals surface area contributed by atoms with Crippen molar-refractivity contribution in [2.75, 3.05) is 23.7 Å². The van der Waals surface area contributed by atoms with Gasteiger partial charge in [0.05, 0.1) is 5.56 Å². The molecule has 1 aliphatic rings. The average Bonchev–Trinajstić information content (AvgIpc) is 3.20. The van der Waals surface area contributed by atoms with Crippen molar-refractivity contribution in [2.24, 2.45) is 5.92 Å². The Bertz CT molecular complexity index is 563. The summed E-state index contributed by atoms with van der Waals surface area (Å²) in [6.45, 7) is 4.42. The lowest BCUT2D eigenvalue weighted by Crippen LogP contribution is -2.26. The van der Waals surface area contributed by atoms with E-state index in [-0.39, 0.29) is 0 Å². The van der Waals surface area contributed by atoms with Crippen LogP contribution in [0.25, 0.3) is 11.1 Å². The van der Waals surface area contributed by atoms with E-state index in [1.165, 1.54) is 29.4 Å². The first-order chi connectivity index (χ1) is 9.79. The van der Waals surface area contributed by atoms with Gasteiger partial charge < -0.3 is 10.6 Å². The molecule has 0 aromatic carbocycles. The molecule has 0 amide bonds. The van der Waals surface area contributed by atoms with E-state index in [1.54, 1.807) is 12.4 Å². The van der Waals surface area contributed by atoms with Crippen molar-refractivity contribution < 1.29 is 0 Å². The highest BCUT2D eigenvalue weighted by atomic mass is 32.1. The topological polar surface area (TPSA) is 55.0 Å². The van der Waals surface area contributed by atoms with Crippen LogP contribution in [0, 0.1) is 5.92 Å². The van der Waals surface area contributed by atoms with Gasteiger partial charge in [-0.1, -0.05) is 6.92 Å². The Labute approximate surface area is 123 Å². The van der Waals surface area contributed by atoms with Crippen molar-refractivity contribution in [1.82, 2.24) is 9.36 Å². The number of anilines is 2. The molecular formula is C15H20N4S. The molecule has 4 nitrogen and oxygen atoms in total. The van der Waals surface area contributed by atoms with Crippen LogP contribution in [0.5, 0.6) is 0 Å². The van der Waals surface area contributed by atoms with Gasteiger partial charge in [0.15, 0.2) is 0 Å². The second-order valence-corrected chi connectivity index (χ2v) is 6.13. The van der Waals surface area contributed by atoms with Gasteiger partial charge in [0.1, 0.15) is 10.8 Å². The zero-order chi connectivity index (χ0) is 13.9. The zero-order valence-electron chi connectivity index (χ0n) is 11.7. The lowest BCUT2D eigenvalue weighted by Gasteiger charge is -2.23. The highest BCUT2D eigenvalue weighted by molar-refractivity contribution is 7.11. The molecule has 1 fully saturated rings. The Morgan fingerprint density at radius 2 is 2.10 bits per heavy atom. The minimum absolute atomic E-state index is 0.633. The molecule has 0 radical (unpaired) electrons. The number of hydrogen-bond acceptors (Lipinski definition) is 5. The molecular weight excluding hydrogens is 268 g/mol. The number of nitrogen functional groups attached to an aromatic ring is 1. The largest absolute Gasteiger partial charge is 0.382 e. The SMILES string of the molecule is CCCN(CC1CC1)c1snc(N)c1-c1ccncc1. The molecule has 5 heteroatoms. The Hall–Kier alpha value is -1.62. The van der Waals surface area contributed by atoms with Crippen LogP contribution >= 0.6 is 11.5 Å². The number of rotatable bonds is 6. The third-order valence-corrected chi connectivity index (χ3v) is 4.55. The first-order valence-electron chi connectivity index (χ1n) is 7.20. The smallest absolute Gasteiger partial charge is 0.147 e. The standard InChI is InChI=1S/C15H20N4S/c1-2-9-19(10-11-3-4-11)15-13(14(16)18-20-15)12-5-7-17-8-6-12/h5-8,11H,2-4,9-10H2,1H3,(H2,16,18). The average molecular weight is 288 g/mol. The van der Waals surface area contributed by atoms with Crippen LogP contribution in [-0.4, -0.2) is 22.4 Å². The van der Waals surface area contributed by atoms with Gasteiger partial charge in [-0.25, -0.2) is 0 Å². The molecule has 2 aromatic heterocycles. The van der Waals surface area contributed by atoms with Gasteiger partial charge in [0.25, 0.3) is 0 Å². The molecule has 2 heterocycles. The van der Waals surface area contributed by atoms with E-state index in [2.05, 4.69) is 21.2 Å². The van der Waals surface area contributed by atoms with Crippen molar-refractivity contribution in [2.45, 2.75) is 26.2 Å². The predicted octanol–water partition coefficient (Wildman–Crippen LogP) is 3.41. The third kappa shape index (κ3) is 2.77. The molecule has 106 valence electrons. The van der Waals surface area contributed by atoms with Crippen LogP contribution < -0.4 is 10.6 Å². The molecule has 0 bridgehead atoms. The van der Waals surface area contributed by atoms with Crippen LogP contribution in [0.3, 0.4) is 0 Å². The van der Waals surface area contributed by atoms with Crippen LogP contribution in [0.2, 0.25) is 0 Å². The van der Waals surface area contributed by atoms with E-state index in [0.717, 1.165) is 36.6 Å². The van der Waals surface area contributed by atoms with Crippen molar-refractivity contribution in [3.63, 3.8) is 0 Å². The molecule has 1 saturated carbocycles. The van der Waals surface area contributed by atoms with Crippen molar-refractivity contribution >= 4 is 22.4 Å². The summed E-state index contributed by atoms with van der Waals surface area (Å²) in [7, 11) is 0. The fourth-order valence-corrected chi connectivity index (χ4v) is 3.33. The molecule has 0 saturated heterocycles. The number of pyridine rings is 1. The Balaban J connectivity index is 1.95. The van der Waals surface area contributed by atoms with Crippen LogP contribution in [-0.2, 0) is 0 Å². The Morgan fingerprint density at radius 3 is 2.75 bits per heavy atom. The number of aromatic nitrogens is 2. The van der Waals surface area contributed by atoms with Gasteiger partial charge in [-0.2, -0.15) is 4.37 Å². The van der Waals surface area contributed by atoms with E-state index in [9.17, 15) is 0 Å². The van der Waals surface area contributed by atoms with E-state index in [1.807, 2.05) is 12.1 Å². The van der Waals surface area contributed by atoms with Gasteiger partial charge >= 0.3 is 0 Å². The van der Waals surface area contributed by atoms with Crippen molar-refractivity contribution in [1.29, 1.82) is 0 Å². The van der Waals surface area contributed by atoms with E-state index in [4.69, 9.17) is 5.73 Å². The highest BCUT2D eigenvalue weighted by Gasteiger charge is 2.27. The molecule has 0 spiro atoms. The van der Waals surface area contributed by atoms with Crippen LogP contribution in [0.15, 0.2) is 24.5 Å². The number of hydrogen-bond donors (Lipinski definition) is 1. The molecule has 2 aromatic rings. The molecule has 0 atom stereocenters. The van der Waals surface area contributed by atoms with Gasteiger partial charge in [-0.3, -0.25) is 4.98 Å². The maximum absolute atomic E-state index is 6.11. The summed E-state index contributed by atoms with van der Waals surface area (Å²) in [5.41, 5.74) is 8.29. The van der Waals surface area contributed by atoms with Crippen molar-refractivity contribution in [3.05, 3.63) is 24.5 Å². The normalized spacial score (nSPS) is 14.4. The lowest BCUT2D eigenvalue weighted by molar-refractivity contribution is 0.713. The maximum Gasteiger partial charge on any atom is 0.147 e. The first-order valence-corrected chi connectivity index (χ1v) is 7.97. The Morgan fingerprint density at radius 1 is 1.35 bits per heavy atom. The van der Waals surface area contributed by atoms with E-state index < -0.39 is 0 Å². The van der Waals surface area contributed by atoms with Gasteiger partial charge in [-0.05, 0) is 54.4 Å². The van der Waals surface area contributed by atoms with E-state index >= 15 is 0 Å². The predicted molar refractivity (Wildman–Crippen MR) is 85.0 cm³/mol. The summed E-state index contributed by atoms with van der Waals surface area (Å²) in [5, 5.41) is 1.21. The second kappa shape index (κ2) is 5.79. The Kier molecular flexibility index (Phi) is 3.87. The number of nitrogens with two attached hydrogens (primary N) is 1. The quantitative estimate of drug-likeness (QED) is 0.885. The summed E-state index contributed by atoms with van der Waals surface area (Å²) in [4.78, 5) is 6.54. The third-order valence-electron chi connectivity index (χ3n) is 3.63. The highest BCUT2D eigenvalue weighted by Crippen LogP contribution is 2.41. The molecule has 3 rings (SSSR count). The number of nitrogens with zero attached hydrogens (tertiary/aromatic N) is 3. The zero-order valence-corrected chi connectivity index (χ0v) is 12.6. The van der Waals surface area contributed by atoms with Crippen LogP contribution in [0.1, 0.15) is 26.2 Å². The molecule has 2 N–H and O–H groups in total. The van der Waals surface area contributed by atoms with Crippen LogP contribution in [0.4, 0.5) is 10.8 Å². The lowest BCUT2D eigenvalue weighted by atomic mass is 10.1. The monoisotopic (exact) mass is 288 g/mol. The van der Waals surface area contributed by atoms with Gasteiger partial charge in [0, 0.05) is 25.5 Å². The molecule has 20 heavy (non-hydrogen) atoms. The maximum atomic E-state index is 6.11. The summed E-state index contributed by atoms with van der Waals surface area (Å²) in [6, 6.07) is 4.01. The minimum Gasteiger partial charge on any atom is -0.382 e. The van der Waals surface area contributed by atoms with Gasteiger partial charge in [-0.15, -0.1) is 0 Å². The molecule has 1 aliphatic carbocycles. The minimum atomic E-state index is 0.633. The summed E-state index contributed by atoms with van der Waals surface area (Å²) in [5.74, 6) is 1.49. The second-order valence-electron chi connectivity index (χ2n) is 5.37. The molecule has 0 unspecified atom stereocenters.